The van der Waals surface area contributed by atoms with Crippen LogP contribution in [0.15, 0.2) is 42.5 Å². The number of carbonyl (C=O) groups is 3. The number of ketones is 1. The van der Waals surface area contributed by atoms with Gasteiger partial charge in [0.25, 0.3) is 0 Å². The molecule has 0 aliphatic carbocycles. The van der Waals surface area contributed by atoms with Crippen molar-refractivity contribution >= 4 is 40.3 Å². The minimum Gasteiger partial charge on any atom is -0.481 e. The summed E-state index contributed by atoms with van der Waals surface area (Å²) in [5.41, 5.74) is 8.03. The highest BCUT2D eigenvalue weighted by Crippen LogP contribution is 2.36. The van der Waals surface area contributed by atoms with Crippen molar-refractivity contribution in [2.24, 2.45) is 5.73 Å². The molecule has 0 amide bonds. The van der Waals surface area contributed by atoms with E-state index in [0.29, 0.717) is 23.0 Å². The molecule has 2 atom stereocenters. The Labute approximate surface area is 201 Å². The highest BCUT2D eigenvalue weighted by Gasteiger charge is 2.34. The molecule has 4 N–H and O–H groups in total. The van der Waals surface area contributed by atoms with Gasteiger partial charge in [-0.3, -0.25) is 14.9 Å². The largest absolute Gasteiger partial charge is 0.481 e. The number of fused-ring (bicyclic) bond motifs is 2. The number of halogens is 1. The van der Waals surface area contributed by atoms with Crippen LogP contribution in [0.3, 0.4) is 0 Å². The van der Waals surface area contributed by atoms with E-state index in [1.165, 1.54) is 4.57 Å². The highest BCUT2D eigenvalue weighted by molar-refractivity contribution is 6.36. The minimum atomic E-state index is -1.06. The number of ether oxygens (including phenoxy) is 1. The monoisotopic (exact) mass is 483 g/mol. The number of Topliss-reactive ketones (excluding diaryl/α,β-unsaturated/α-hetero) is 1. The lowest BCUT2D eigenvalue weighted by Gasteiger charge is -2.21. The number of nitrogens with one attached hydrogen (secondary N) is 1. The number of carboxylic acids is 1. The predicted octanol–water partition coefficient (Wildman–Crippen LogP) is 4.58. The van der Waals surface area contributed by atoms with Crippen LogP contribution in [0.4, 0.5) is 4.79 Å². The molecule has 3 aromatic rings. The standard InChI is InChI=1S/C25H26ClN3O5/c1-25(2,3)34-24(33)29-18-9-8-15(17(27)11-20(30)31)21(26)16(18)10-19(29)23(32)22-14-7-5-4-6-13(14)12-28-22/h4-10,17,22,28H,11-12,27H2,1-3H3,(H,30,31). The van der Waals surface area contributed by atoms with Crippen molar-refractivity contribution in [1.29, 1.82) is 0 Å². The molecule has 0 bridgehead atoms. The Morgan fingerprint density at radius 2 is 1.94 bits per heavy atom. The van der Waals surface area contributed by atoms with Crippen LogP contribution in [-0.2, 0) is 16.1 Å². The van der Waals surface area contributed by atoms with E-state index in [2.05, 4.69) is 5.32 Å². The fraction of sp³-hybridized carbons (Fsp3) is 0.320. The van der Waals surface area contributed by atoms with Gasteiger partial charge in [-0.1, -0.05) is 41.9 Å². The summed E-state index contributed by atoms with van der Waals surface area (Å²) >= 11 is 6.62. The number of rotatable bonds is 5. The van der Waals surface area contributed by atoms with E-state index in [-0.39, 0.29) is 22.9 Å². The van der Waals surface area contributed by atoms with Crippen molar-refractivity contribution in [3.05, 3.63) is 69.9 Å². The fourth-order valence-corrected chi connectivity index (χ4v) is 4.57. The van der Waals surface area contributed by atoms with Gasteiger partial charge >= 0.3 is 12.1 Å². The topological polar surface area (TPSA) is 124 Å². The van der Waals surface area contributed by atoms with E-state index >= 15 is 0 Å². The average molecular weight is 484 g/mol. The van der Waals surface area contributed by atoms with Gasteiger partial charge in [0.05, 0.1) is 28.7 Å². The SMILES string of the molecule is CC(C)(C)OC(=O)n1c(C(=O)C2NCc3ccccc32)cc2c(Cl)c(C(N)CC(=O)O)ccc21. The lowest BCUT2D eigenvalue weighted by molar-refractivity contribution is -0.137. The molecule has 1 aliphatic heterocycles. The lowest BCUT2D eigenvalue weighted by atomic mass is 10.00. The number of carbonyl (C=O) groups excluding carboxylic acids is 2. The van der Waals surface area contributed by atoms with Gasteiger partial charge in [-0.2, -0.15) is 0 Å². The van der Waals surface area contributed by atoms with Gasteiger partial charge in [-0.25, -0.2) is 9.36 Å². The summed E-state index contributed by atoms with van der Waals surface area (Å²) in [6, 6.07) is 10.9. The second kappa shape index (κ2) is 8.87. The Kier molecular flexibility index (Phi) is 6.24. The fourth-order valence-electron chi connectivity index (χ4n) is 4.21. The second-order valence-corrected chi connectivity index (χ2v) is 9.71. The molecule has 1 aromatic heterocycles. The highest BCUT2D eigenvalue weighted by atomic mass is 35.5. The molecule has 1 aliphatic rings. The molecule has 0 fully saturated rings. The average Bonchev–Trinajstić information content (AvgIpc) is 3.34. The summed E-state index contributed by atoms with van der Waals surface area (Å²) in [4.78, 5) is 38.1. The van der Waals surface area contributed by atoms with E-state index in [1.807, 2.05) is 24.3 Å². The number of carboxylic acid groups (broad SMARTS) is 1. The molecule has 0 spiro atoms. The van der Waals surface area contributed by atoms with Crippen LogP contribution in [0.25, 0.3) is 10.9 Å². The van der Waals surface area contributed by atoms with E-state index in [0.717, 1.165) is 11.1 Å². The van der Waals surface area contributed by atoms with Gasteiger partial charge in [-0.15, -0.1) is 0 Å². The summed E-state index contributed by atoms with van der Waals surface area (Å²) in [7, 11) is 0. The number of nitrogens with two attached hydrogens (primary N) is 1. The smallest absolute Gasteiger partial charge is 0.419 e. The number of hydrogen-bond acceptors (Lipinski definition) is 6. The zero-order chi connectivity index (χ0) is 24.8. The molecule has 178 valence electrons. The first-order valence-electron chi connectivity index (χ1n) is 10.9. The number of aromatic nitrogens is 1. The Balaban J connectivity index is 1.86. The molecular weight excluding hydrogens is 458 g/mol. The third-order valence-corrected chi connectivity index (χ3v) is 6.12. The van der Waals surface area contributed by atoms with Crippen LogP contribution in [0.5, 0.6) is 0 Å². The maximum atomic E-state index is 13.7. The molecule has 2 aromatic carbocycles. The number of hydrogen-bond donors (Lipinski definition) is 3. The maximum absolute atomic E-state index is 13.7. The summed E-state index contributed by atoms with van der Waals surface area (Å²) in [5, 5.41) is 12.9. The van der Waals surface area contributed by atoms with Gasteiger partial charge < -0.3 is 15.6 Å². The van der Waals surface area contributed by atoms with Crippen LogP contribution in [0, 0.1) is 0 Å². The Bertz CT molecular complexity index is 1310. The third-order valence-electron chi connectivity index (χ3n) is 5.70. The number of benzene rings is 2. The minimum absolute atomic E-state index is 0.115. The van der Waals surface area contributed by atoms with Crippen molar-refractivity contribution < 1.29 is 24.2 Å². The van der Waals surface area contributed by atoms with E-state index in [1.54, 1.807) is 39.0 Å². The quantitative estimate of drug-likeness (QED) is 0.454. The maximum Gasteiger partial charge on any atom is 0.419 e. The van der Waals surface area contributed by atoms with Gasteiger partial charge in [0.1, 0.15) is 5.60 Å². The van der Waals surface area contributed by atoms with E-state index in [9.17, 15) is 14.4 Å². The third kappa shape index (κ3) is 4.44. The van der Waals surface area contributed by atoms with Crippen molar-refractivity contribution in [1.82, 2.24) is 9.88 Å². The molecular formula is C25H26ClN3O5. The van der Waals surface area contributed by atoms with Gasteiger partial charge in [-0.05, 0) is 49.6 Å². The summed E-state index contributed by atoms with van der Waals surface area (Å²) in [6.07, 6.45) is -1.03. The summed E-state index contributed by atoms with van der Waals surface area (Å²) in [6.45, 7) is 5.75. The van der Waals surface area contributed by atoms with Crippen molar-refractivity contribution in [3.8, 4) is 0 Å². The van der Waals surface area contributed by atoms with Crippen molar-refractivity contribution in [3.63, 3.8) is 0 Å². The molecule has 0 saturated heterocycles. The van der Waals surface area contributed by atoms with Crippen LogP contribution in [0.1, 0.15) is 66.5 Å². The van der Waals surface area contributed by atoms with Gasteiger partial charge in [0.15, 0.2) is 0 Å². The first-order chi connectivity index (χ1) is 16.0. The number of aliphatic carboxylic acids is 1. The molecule has 0 saturated carbocycles. The molecule has 8 nitrogen and oxygen atoms in total. The zero-order valence-corrected chi connectivity index (χ0v) is 19.8. The van der Waals surface area contributed by atoms with Crippen LogP contribution >= 0.6 is 11.6 Å². The summed E-state index contributed by atoms with van der Waals surface area (Å²) < 4.78 is 6.82. The van der Waals surface area contributed by atoms with Crippen LogP contribution < -0.4 is 11.1 Å². The van der Waals surface area contributed by atoms with Crippen LogP contribution in [0.2, 0.25) is 5.02 Å². The van der Waals surface area contributed by atoms with Crippen LogP contribution in [-0.4, -0.2) is 33.1 Å². The zero-order valence-electron chi connectivity index (χ0n) is 19.1. The molecule has 0 radical (unpaired) electrons. The van der Waals surface area contributed by atoms with Crippen molar-refractivity contribution in [2.45, 2.75) is 51.4 Å². The first-order valence-corrected chi connectivity index (χ1v) is 11.3. The number of nitrogens with zero attached hydrogens (tertiary/aromatic N) is 1. The van der Waals surface area contributed by atoms with Crippen molar-refractivity contribution in [2.75, 3.05) is 0 Å². The summed E-state index contributed by atoms with van der Waals surface area (Å²) in [5.74, 6) is -1.36. The second-order valence-electron chi connectivity index (χ2n) is 9.33. The molecule has 2 heterocycles. The Morgan fingerprint density at radius 3 is 2.62 bits per heavy atom. The Hall–Kier alpha value is -3.20. The van der Waals surface area contributed by atoms with E-state index in [4.69, 9.17) is 27.2 Å². The van der Waals surface area contributed by atoms with Gasteiger partial charge in [0, 0.05) is 18.0 Å². The van der Waals surface area contributed by atoms with Gasteiger partial charge in [0.2, 0.25) is 5.78 Å². The molecule has 4 rings (SSSR count). The molecule has 9 heteroatoms. The molecule has 2 unspecified atom stereocenters. The molecule has 34 heavy (non-hydrogen) atoms. The Morgan fingerprint density at radius 1 is 1.24 bits per heavy atom. The first kappa shape index (κ1) is 23.9. The predicted molar refractivity (Wildman–Crippen MR) is 128 cm³/mol. The van der Waals surface area contributed by atoms with E-state index < -0.39 is 29.7 Å². The lowest BCUT2D eigenvalue weighted by Crippen LogP contribution is -2.31. The normalized spacial score (nSPS) is 16.3.